The van der Waals surface area contributed by atoms with Crippen molar-refractivity contribution in [3.05, 3.63) is 30.1 Å². The molecule has 0 aliphatic rings. The molecule has 0 aliphatic heterocycles. The van der Waals surface area contributed by atoms with Crippen molar-refractivity contribution in [1.29, 1.82) is 0 Å². The Kier molecular flexibility index (Phi) is 4.46. The van der Waals surface area contributed by atoms with Gasteiger partial charge in [0.15, 0.2) is 0 Å². The van der Waals surface area contributed by atoms with Crippen LogP contribution in [-0.2, 0) is 19.6 Å². The molecule has 2 aromatic rings. The lowest BCUT2D eigenvalue weighted by Gasteiger charge is -2.04. The molecule has 0 aliphatic carbocycles. The summed E-state index contributed by atoms with van der Waals surface area (Å²) in [5.74, 6) is 0.954. The highest BCUT2D eigenvalue weighted by Crippen LogP contribution is 2.01. The second-order valence-corrected chi connectivity index (χ2v) is 4.18. The molecule has 0 atom stereocenters. The number of hydrogen-bond donors (Lipinski definition) is 1. The minimum Gasteiger partial charge on any atom is -0.311 e. The second kappa shape index (κ2) is 6.30. The molecule has 0 aromatic carbocycles. The SMILES string of the molecule is CCCn1ncnc1Cn1ccc(CNCC)n1. The van der Waals surface area contributed by atoms with E-state index in [1.165, 1.54) is 0 Å². The van der Waals surface area contributed by atoms with E-state index >= 15 is 0 Å². The molecule has 98 valence electrons. The average Bonchev–Trinajstić information content (AvgIpc) is 2.98. The molecule has 0 radical (unpaired) electrons. The molecule has 0 saturated heterocycles. The summed E-state index contributed by atoms with van der Waals surface area (Å²) in [6.45, 7) is 7.56. The molecule has 18 heavy (non-hydrogen) atoms. The number of rotatable bonds is 7. The van der Waals surface area contributed by atoms with Gasteiger partial charge in [-0.3, -0.25) is 4.68 Å². The molecule has 1 N–H and O–H groups in total. The minimum absolute atomic E-state index is 0.673. The van der Waals surface area contributed by atoms with E-state index in [0.717, 1.165) is 37.6 Å². The lowest BCUT2D eigenvalue weighted by molar-refractivity contribution is 0.535. The van der Waals surface area contributed by atoms with Gasteiger partial charge in [-0.25, -0.2) is 9.67 Å². The highest BCUT2D eigenvalue weighted by molar-refractivity contribution is 5.00. The highest BCUT2D eigenvalue weighted by Gasteiger charge is 2.05. The molecule has 0 amide bonds. The van der Waals surface area contributed by atoms with E-state index in [9.17, 15) is 0 Å². The van der Waals surface area contributed by atoms with Crippen LogP contribution in [0.15, 0.2) is 18.6 Å². The summed E-state index contributed by atoms with van der Waals surface area (Å²) in [5, 5.41) is 12.0. The predicted octanol–water partition coefficient (Wildman–Crippen LogP) is 1.04. The maximum Gasteiger partial charge on any atom is 0.148 e. The third-order valence-electron chi connectivity index (χ3n) is 2.69. The van der Waals surface area contributed by atoms with E-state index in [0.29, 0.717) is 6.54 Å². The van der Waals surface area contributed by atoms with Crippen LogP contribution in [0.3, 0.4) is 0 Å². The number of nitrogens with one attached hydrogen (secondary N) is 1. The Balaban J connectivity index is 1.99. The fourth-order valence-electron chi connectivity index (χ4n) is 1.79. The zero-order valence-corrected chi connectivity index (χ0v) is 11.0. The average molecular weight is 248 g/mol. The normalized spacial score (nSPS) is 11.0. The predicted molar refractivity (Wildman–Crippen MR) is 69.0 cm³/mol. The molecular formula is C12H20N6. The summed E-state index contributed by atoms with van der Waals surface area (Å²) in [7, 11) is 0. The van der Waals surface area contributed by atoms with E-state index in [1.54, 1.807) is 6.33 Å². The maximum atomic E-state index is 4.50. The Bertz CT molecular complexity index is 472. The van der Waals surface area contributed by atoms with Gasteiger partial charge in [0.2, 0.25) is 0 Å². The van der Waals surface area contributed by atoms with Gasteiger partial charge in [0, 0.05) is 19.3 Å². The zero-order valence-electron chi connectivity index (χ0n) is 11.0. The lowest BCUT2D eigenvalue weighted by Crippen LogP contribution is -2.13. The molecule has 0 unspecified atom stereocenters. The van der Waals surface area contributed by atoms with Crippen LogP contribution in [0.25, 0.3) is 0 Å². The number of aryl methyl sites for hydroxylation is 1. The van der Waals surface area contributed by atoms with Gasteiger partial charge < -0.3 is 5.32 Å². The lowest BCUT2D eigenvalue weighted by atomic mass is 10.4. The van der Waals surface area contributed by atoms with Crippen LogP contribution >= 0.6 is 0 Å². The summed E-state index contributed by atoms with van der Waals surface area (Å²) < 4.78 is 3.84. The van der Waals surface area contributed by atoms with Crippen LogP contribution in [0.4, 0.5) is 0 Å². The molecule has 0 bridgehead atoms. The van der Waals surface area contributed by atoms with Crippen molar-refractivity contribution in [1.82, 2.24) is 29.9 Å². The molecule has 2 rings (SSSR count). The van der Waals surface area contributed by atoms with Crippen molar-refractivity contribution in [2.45, 2.75) is 39.9 Å². The summed E-state index contributed by atoms with van der Waals surface area (Å²) in [6.07, 6.45) is 4.65. The van der Waals surface area contributed by atoms with Crippen molar-refractivity contribution >= 4 is 0 Å². The monoisotopic (exact) mass is 248 g/mol. The zero-order chi connectivity index (χ0) is 12.8. The minimum atomic E-state index is 0.673. The Morgan fingerprint density at radius 3 is 3.00 bits per heavy atom. The van der Waals surface area contributed by atoms with Crippen molar-refractivity contribution in [3.63, 3.8) is 0 Å². The fraction of sp³-hybridized carbons (Fsp3) is 0.583. The molecule has 6 nitrogen and oxygen atoms in total. The van der Waals surface area contributed by atoms with Gasteiger partial charge in [-0.1, -0.05) is 13.8 Å². The maximum absolute atomic E-state index is 4.50. The largest absolute Gasteiger partial charge is 0.311 e. The van der Waals surface area contributed by atoms with E-state index in [-0.39, 0.29) is 0 Å². The summed E-state index contributed by atoms with van der Waals surface area (Å²) in [6, 6.07) is 2.03. The van der Waals surface area contributed by atoms with Gasteiger partial charge in [0.05, 0.1) is 5.69 Å². The Morgan fingerprint density at radius 2 is 2.22 bits per heavy atom. The van der Waals surface area contributed by atoms with Crippen LogP contribution < -0.4 is 5.32 Å². The second-order valence-electron chi connectivity index (χ2n) is 4.18. The number of nitrogens with zero attached hydrogens (tertiary/aromatic N) is 5. The van der Waals surface area contributed by atoms with Crippen LogP contribution in [-0.4, -0.2) is 31.1 Å². The number of aromatic nitrogens is 5. The van der Waals surface area contributed by atoms with Crippen LogP contribution in [0.2, 0.25) is 0 Å². The van der Waals surface area contributed by atoms with Crippen molar-refractivity contribution in [3.8, 4) is 0 Å². The standard InChI is InChI=1S/C12H20N6/c1-3-6-18-12(14-10-15-18)9-17-7-5-11(16-17)8-13-4-2/h5,7,10,13H,3-4,6,8-9H2,1-2H3. The molecule has 0 saturated carbocycles. The summed E-state index contributed by atoms with van der Waals surface area (Å²) >= 11 is 0. The van der Waals surface area contributed by atoms with Gasteiger partial charge >= 0.3 is 0 Å². The fourth-order valence-corrected chi connectivity index (χ4v) is 1.79. The van der Waals surface area contributed by atoms with Gasteiger partial charge in [0.25, 0.3) is 0 Å². The Morgan fingerprint density at radius 1 is 1.33 bits per heavy atom. The van der Waals surface area contributed by atoms with Crippen molar-refractivity contribution in [2.75, 3.05) is 6.54 Å². The first kappa shape index (κ1) is 12.8. The van der Waals surface area contributed by atoms with Crippen molar-refractivity contribution in [2.24, 2.45) is 0 Å². The molecule has 2 aromatic heterocycles. The third-order valence-corrected chi connectivity index (χ3v) is 2.69. The topological polar surface area (TPSA) is 60.6 Å². The third kappa shape index (κ3) is 3.16. The molecule has 0 spiro atoms. The first-order chi connectivity index (χ1) is 8.83. The van der Waals surface area contributed by atoms with Crippen LogP contribution in [0, 0.1) is 0 Å². The Labute approximate surface area is 107 Å². The van der Waals surface area contributed by atoms with Gasteiger partial charge in [-0.2, -0.15) is 10.2 Å². The van der Waals surface area contributed by atoms with E-state index < -0.39 is 0 Å². The molecule has 2 heterocycles. The molecule has 6 heteroatoms. The van der Waals surface area contributed by atoms with Gasteiger partial charge in [0.1, 0.15) is 18.7 Å². The van der Waals surface area contributed by atoms with Crippen molar-refractivity contribution < 1.29 is 0 Å². The van der Waals surface area contributed by atoms with Gasteiger partial charge in [-0.15, -0.1) is 0 Å². The summed E-state index contributed by atoms with van der Waals surface area (Å²) in [4.78, 5) is 4.28. The quantitative estimate of drug-likeness (QED) is 0.795. The highest BCUT2D eigenvalue weighted by atomic mass is 15.4. The first-order valence-electron chi connectivity index (χ1n) is 6.43. The van der Waals surface area contributed by atoms with Crippen LogP contribution in [0.5, 0.6) is 0 Å². The molecular weight excluding hydrogens is 228 g/mol. The molecule has 0 fully saturated rings. The van der Waals surface area contributed by atoms with E-state index in [2.05, 4.69) is 34.3 Å². The first-order valence-corrected chi connectivity index (χ1v) is 6.43. The number of hydrogen-bond acceptors (Lipinski definition) is 4. The summed E-state index contributed by atoms with van der Waals surface area (Å²) in [5.41, 5.74) is 1.05. The van der Waals surface area contributed by atoms with E-state index in [1.807, 2.05) is 21.6 Å². The van der Waals surface area contributed by atoms with Crippen LogP contribution in [0.1, 0.15) is 31.8 Å². The van der Waals surface area contributed by atoms with Gasteiger partial charge in [-0.05, 0) is 19.0 Å². The van der Waals surface area contributed by atoms with E-state index in [4.69, 9.17) is 0 Å². The smallest absolute Gasteiger partial charge is 0.148 e. The Hall–Kier alpha value is -1.69.